The van der Waals surface area contributed by atoms with Crippen LogP contribution < -0.4 is 0 Å². The average Bonchev–Trinajstić information content (AvgIpc) is 2.87. The smallest absolute Gasteiger partial charge is 0.290 e. The first-order chi connectivity index (χ1) is 12.4. The largest absolute Gasteiger partial charge is 0.503 e. The van der Waals surface area contributed by atoms with Gasteiger partial charge in [-0.1, -0.05) is 30.3 Å². The molecule has 1 N–H and O–H groups in total. The second-order valence-electron chi connectivity index (χ2n) is 5.99. The Kier molecular flexibility index (Phi) is 4.53. The second-order valence-corrected chi connectivity index (χ2v) is 5.99. The highest BCUT2D eigenvalue weighted by molar-refractivity contribution is 6.08. The number of Topliss-reactive ketones (excluding diaryl/α,β-unsaturated/α-hetero) is 1. The molecule has 3 rings (SSSR count). The molecule has 26 heavy (non-hydrogen) atoms. The number of carbonyl (C=O) groups excluding carboxylic acids is 2. The lowest BCUT2D eigenvalue weighted by molar-refractivity contribution is -0.384. The van der Waals surface area contributed by atoms with Gasteiger partial charge < -0.3 is 10.0 Å². The highest BCUT2D eigenvalue weighted by Gasteiger charge is 2.42. The van der Waals surface area contributed by atoms with E-state index in [1.807, 2.05) is 30.3 Å². The Labute approximate surface area is 149 Å². The zero-order valence-electron chi connectivity index (χ0n) is 14.0. The Hall–Kier alpha value is -3.48. The van der Waals surface area contributed by atoms with E-state index in [0.717, 1.165) is 5.56 Å². The third kappa shape index (κ3) is 3.06. The molecular weight excluding hydrogens is 336 g/mol. The summed E-state index contributed by atoms with van der Waals surface area (Å²) in [7, 11) is 0. The van der Waals surface area contributed by atoms with E-state index < -0.39 is 28.4 Å². The van der Waals surface area contributed by atoms with Crippen molar-refractivity contribution in [1.29, 1.82) is 0 Å². The lowest BCUT2D eigenvalue weighted by Crippen LogP contribution is -2.30. The summed E-state index contributed by atoms with van der Waals surface area (Å²) in [6.07, 6.45) is 0. The van der Waals surface area contributed by atoms with E-state index >= 15 is 0 Å². The zero-order chi connectivity index (χ0) is 18.8. The number of hydrogen-bond donors (Lipinski definition) is 1. The van der Waals surface area contributed by atoms with Gasteiger partial charge in [0.15, 0.2) is 11.5 Å². The molecule has 1 amide bonds. The molecule has 1 aliphatic rings. The van der Waals surface area contributed by atoms with Crippen LogP contribution in [0.2, 0.25) is 0 Å². The van der Waals surface area contributed by atoms with Crippen molar-refractivity contribution in [2.45, 2.75) is 19.5 Å². The standard InChI is InChI=1S/C19H16N2O5/c1-12(22)16-17(14-7-9-15(10-8-14)21(25)26)20(19(24)18(16)23)11-13-5-3-2-4-6-13/h2-10,17,23H,11H2,1H3/t17-/m1/s1. The Morgan fingerprint density at radius 2 is 1.77 bits per heavy atom. The molecule has 0 unspecified atom stereocenters. The van der Waals surface area contributed by atoms with Gasteiger partial charge in [0.1, 0.15) is 0 Å². The van der Waals surface area contributed by atoms with Crippen molar-refractivity contribution in [3.63, 3.8) is 0 Å². The average molecular weight is 352 g/mol. The molecule has 0 radical (unpaired) electrons. The van der Waals surface area contributed by atoms with Gasteiger partial charge in [0.05, 0.1) is 16.5 Å². The maximum atomic E-state index is 12.5. The molecule has 0 bridgehead atoms. The quantitative estimate of drug-likeness (QED) is 0.658. The van der Waals surface area contributed by atoms with Crippen LogP contribution in [0.5, 0.6) is 0 Å². The molecule has 7 nitrogen and oxygen atoms in total. The maximum absolute atomic E-state index is 12.5. The van der Waals surface area contributed by atoms with Crippen molar-refractivity contribution < 1.29 is 19.6 Å². The SMILES string of the molecule is CC(=O)C1=C(O)C(=O)N(Cc2ccccc2)[C@@H]1c1ccc([N+](=O)[O-])cc1. The summed E-state index contributed by atoms with van der Waals surface area (Å²) < 4.78 is 0. The van der Waals surface area contributed by atoms with Gasteiger partial charge >= 0.3 is 0 Å². The first-order valence-corrected chi connectivity index (χ1v) is 7.93. The molecule has 0 spiro atoms. The van der Waals surface area contributed by atoms with Gasteiger partial charge in [0.25, 0.3) is 11.6 Å². The van der Waals surface area contributed by atoms with E-state index in [9.17, 15) is 24.8 Å². The van der Waals surface area contributed by atoms with Gasteiger partial charge in [0, 0.05) is 18.7 Å². The molecule has 2 aromatic carbocycles. The summed E-state index contributed by atoms with van der Waals surface area (Å²) in [5.41, 5.74) is 1.27. The van der Waals surface area contributed by atoms with Crippen molar-refractivity contribution in [3.05, 3.63) is 87.2 Å². The number of carbonyl (C=O) groups is 2. The van der Waals surface area contributed by atoms with Crippen LogP contribution in [0.25, 0.3) is 0 Å². The minimum absolute atomic E-state index is 0.000200. The minimum Gasteiger partial charge on any atom is -0.503 e. The number of nitro benzene ring substituents is 1. The second kappa shape index (κ2) is 6.79. The fourth-order valence-electron chi connectivity index (χ4n) is 3.08. The third-order valence-corrected chi connectivity index (χ3v) is 4.30. The number of aliphatic hydroxyl groups excluding tert-OH is 1. The summed E-state index contributed by atoms with van der Waals surface area (Å²) in [5, 5.41) is 21.1. The molecule has 7 heteroatoms. The van der Waals surface area contributed by atoms with Crippen molar-refractivity contribution in [2.24, 2.45) is 0 Å². The summed E-state index contributed by atoms with van der Waals surface area (Å²) in [4.78, 5) is 36.3. The lowest BCUT2D eigenvalue weighted by Gasteiger charge is -2.26. The van der Waals surface area contributed by atoms with Crippen molar-refractivity contribution in [2.75, 3.05) is 0 Å². The summed E-state index contributed by atoms with van der Waals surface area (Å²) in [6, 6.07) is 14.0. The molecule has 0 saturated heterocycles. The van der Waals surface area contributed by atoms with Gasteiger partial charge in [0.2, 0.25) is 0 Å². The molecule has 2 aromatic rings. The number of aliphatic hydroxyl groups is 1. The topological polar surface area (TPSA) is 101 Å². The van der Waals surface area contributed by atoms with E-state index in [1.165, 1.54) is 36.1 Å². The van der Waals surface area contributed by atoms with E-state index in [0.29, 0.717) is 5.56 Å². The number of non-ortho nitro benzene ring substituents is 1. The Morgan fingerprint density at radius 3 is 2.31 bits per heavy atom. The van der Waals surface area contributed by atoms with Crippen molar-refractivity contribution >= 4 is 17.4 Å². The van der Waals surface area contributed by atoms with Crippen LogP contribution in [0, 0.1) is 10.1 Å². The van der Waals surface area contributed by atoms with E-state index in [4.69, 9.17) is 0 Å². The monoisotopic (exact) mass is 352 g/mol. The molecule has 0 aromatic heterocycles. The Morgan fingerprint density at radius 1 is 1.15 bits per heavy atom. The Balaban J connectivity index is 2.04. The van der Waals surface area contributed by atoms with Crippen LogP contribution in [0.1, 0.15) is 24.1 Å². The number of benzene rings is 2. The fraction of sp³-hybridized carbons (Fsp3) is 0.158. The maximum Gasteiger partial charge on any atom is 0.290 e. The molecule has 132 valence electrons. The zero-order valence-corrected chi connectivity index (χ0v) is 14.0. The van der Waals surface area contributed by atoms with Crippen molar-refractivity contribution in [1.82, 2.24) is 4.90 Å². The van der Waals surface area contributed by atoms with E-state index in [1.54, 1.807) is 0 Å². The lowest BCUT2D eigenvalue weighted by atomic mass is 9.96. The first kappa shape index (κ1) is 17.3. The van der Waals surface area contributed by atoms with Crippen LogP contribution in [-0.2, 0) is 16.1 Å². The molecule has 1 atom stereocenters. The molecule has 1 aliphatic heterocycles. The number of nitro groups is 1. The van der Waals surface area contributed by atoms with Crippen LogP contribution in [0.3, 0.4) is 0 Å². The number of amides is 1. The highest BCUT2D eigenvalue weighted by Crippen LogP contribution is 2.39. The van der Waals surface area contributed by atoms with Gasteiger partial charge in [-0.3, -0.25) is 19.7 Å². The van der Waals surface area contributed by atoms with E-state index in [-0.39, 0.29) is 17.8 Å². The van der Waals surface area contributed by atoms with Crippen LogP contribution in [-0.4, -0.2) is 26.6 Å². The number of ketones is 1. The highest BCUT2D eigenvalue weighted by atomic mass is 16.6. The predicted octanol–water partition coefficient (Wildman–Crippen LogP) is 3.08. The molecule has 0 aliphatic carbocycles. The summed E-state index contributed by atoms with van der Waals surface area (Å²) in [6.45, 7) is 1.48. The normalized spacial score (nSPS) is 16.9. The Bertz CT molecular complexity index is 903. The number of rotatable bonds is 5. The summed E-state index contributed by atoms with van der Waals surface area (Å²) in [5.74, 6) is -1.63. The predicted molar refractivity (Wildman–Crippen MR) is 93.2 cm³/mol. The fourth-order valence-corrected chi connectivity index (χ4v) is 3.08. The van der Waals surface area contributed by atoms with Gasteiger partial charge in [-0.15, -0.1) is 0 Å². The van der Waals surface area contributed by atoms with Crippen molar-refractivity contribution in [3.8, 4) is 0 Å². The molecule has 0 fully saturated rings. The first-order valence-electron chi connectivity index (χ1n) is 7.93. The number of nitrogens with zero attached hydrogens (tertiary/aromatic N) is 2. The van der Waals surface area contributed by atoms with Crippen LogP contribution >= 0.6 is 0 Å². The molecular formula is C19H16N2O5. The van der Waals surface area contributed by atoms with Gasteiger partial charge in [-0.05, 0) is 30.2 Å². The van der Waals surface area contributed by atoms with Crippen LogP contribution in [0.4, 0.5) is 5.69 Å². The number of hydrogen-bond acceptors (Lipinski definition) is 5. The molecule has 1 heterocycles. The summed E-state index contributed by atoms with van der Waals surface area (Å²) >= 11 is 0. The van der Waals surface area contributed by atoms with Gasteiger partial charge in [-0.2, -0.15) is 0 Å². The van der Waals surface area contributed by atoms with E-state index in [2.05, 4.69) is 0 Å². The van der Waals surface area contributed by atoms with Gasteiger partial charge in [-0.25, -0.2) is 0 Å². The molecule has 0 saturated carbocycles. The van der Waals surface area contributed by atoms with Crippen LogP contribution in [0.15, 0.2) is 65.9 Å². The third-order valence-electron chi connectivity index (χ3n) is 4.30. The minimum atomic E-state index is -0.791.